The van der Waals surface area contributed by atoms with E-state index in [4.69, 9.17) is 4.74 Å². The molecule has 0 unspecified atom stereocenters. The van der Waals surface area contributed by atoms with E-state index in [-0.39, 0.29) is 6.04 Å². The molecule has 0 bridgehead atoms. The third kappa shape index (κ3) is 2.38. The fourth-order valence-corrected chi connectivity index (χ4v) is 3.87. The molecule has 0 radical (unpaired) electrons. The van der Waals surface area contributed by atoms with Gasteiger partial charge in [-0.25, -0.2) is 0 Å². The summed E-state index contributed by atoms with van der Waals surface area (Å²) in [7, 11) is 1.72. The van der Waals surface area contributed by atoms with Gasteiger partial charge in [-0.2, -0.15) is 0 Å². The van der Waals surface area contributed by atoms with Crippen LogP contribution in [0.2, 0.25) is 0 Å². The van der Waals surface area contributed by atoms with Gasteiger partial charge in [-0.05, 0) is 55.7 Å². The Bertz CT molecular complexity index is 854. The van der Waals surface area contributed by atoms with Crippen molar-refractivity contribution in [2.75, 3.05) is 13.7 Å². The molecule has 124 valence electrons. The first kappa shape index (κ1) is 15.2. The Morgan fingerprint density at radius 3 is 2.88 bits per heavy atom. The number of benzene rings is 1. The second-order valence-electron chi connectivity index (χ2n) is 6.70. The van der Waals surface area contributed by atoms with Gasteiger partial charge in [0.05, 0.1) is 13.2 Å². The van der Waals surface area contributed by atoms with Crippen molar-refractivity contribution < 1.29 is 4.74 Å². The van der Waals surface area contributed by atoms with E-state index < -0.39 is 0 Å². The van der Waals surface area contributed by atoms with Gasteiger partial charge in [0.25, 0.3) is 0 Å². The van der Waals surface area contributed by atoms with Gasteiger partial charge in [0.2, 0.25) is 0 Å². The summed E-state index contributed by atoms with van der Waals surface area (Å²) in [4.78, 5) is 10.6. The molecule has 2 aromatic heterocycles. The van der Waals surface area contributed by atoms with E-state index in [9.17, 15) is 0 Å². The molecule has 1 N–H and O–H groups in total. The molecule has 0 aliphatic carbocycles. The number of aromatic amines is 1. The minimum absolute atomic E-state index is 0.223. The summed E-state index contributed by atoms with van der Waals surface area (Å²) in [6.07, 6.45) is 4.88. The molecular formula is C20H23N3O. The van der Waals surface area contributed by atoms with Crippen molar-refractivity contribution in [3.63, 3.8) is 0 Å². The van der Waals surface area contributed by atoms with E-state index in [0.717, 1.165) is 18.7 Å². The van der Waals surface area contributed by atoms with E-state index in [0.29, 0.717) is 6.04 Å². The minimum atomic E-state index is 0.223. The van der Waals surface area contributed by atoms with Crippen LogP contribution in [0.25, 0.3) is 10.9 Å². The molecule has 1 aromatic carbocycles. The lowest BCUT2D eigenvalue weighted by Gasteiger charge is -2.38. The van der Waals surface area contributed by atoms with E-state index in [1.165, 1.54) is 27.7 Å². The van der Waals surface area contributed by atoms with Crippen LogP contribution in [0.4, 0.5) is 0 Å². The van der Waals surface area contributed by atoms with Crippen molar-refractivity contribution >= 4 is 10.9 Å². The molecule has 4 heteroatoms. The largest absolute Gasteiger partial charge is 0.497 e. The Morgan fingerprint density at radius 2 is 2.17 bits per heavy atom. The summed E-state index contributed by atoms with van der Waals surface area (Å²) >= 11 is 0. The maximum Gasteiger partial charge on any atom is 0.119 e. The van der Waals surface area contributed by atoms with Gasteiger partial charge in [0, 0.05) is 41.6 Å². The Kier molecular flexibility index (Phi) is 3.77. The first-order valence-corrected chi connectivity index (χ1v) is 8.53. The summed E-state index contributed by atoms with van der Waals surface area (Å²) in [5, 5.41) is 1.28. The van der Waals surface area contributed by atoms with Crippen LogP contribution >= 0.6 is 0 Å². The Balaban J connectivity index is 1.91. The van der Waals surface area contributed by atoms with E-state index in [1.54, 1.807) is 7.11 Å². The molecule has 0 amide bonds. The highest BCUT2D eigenvalue weighted by atomic mass is 16.5. The van der Waals surface area contributed by atoms with E-state index in [2.05, 4.69) is 46.9 Å². The van der Waals surface area contributed by atoms with Crippen LogP contribution in [0.1, 0.15) is 36.7 Å². The molecule has 0 saturated carbocycles. The maximum absolute atomic E-state index is 5.42. The van der Waals surface area contributed by atoms with Crippen LogP contribution in [0.5, 0.6) is 5.75 Å². The molecule has 0 saturated heterocycles. The molecule has 1 aliphatic rings. The highest BCUT2D eigenvalue weighted by Crippen LogP contribution is 2.39. The topological polar surface area (TPSA) is 41.1 Å². The quantitative estimate of drug-likeness (QED) is 0.795. The number of pyridine rings is 1. The third-order valence-corrected chi connectivity index (χ3v) is 5.03. The first-order chi connectivity index (χ1) is 11.7. The van der Waals surface area contributed by atoms with Crippen LogP contribution in [-0.4, -0.2) is 34.6 Å². The molecule has 0 fully saturated rings. The van der Waals surface area contributed by atoms with E-state index in [1.807, 2.05) is 24.5 Å². The molecule has 4 nitrogen and oxygen atoms in total. The summed E-state index contributed by atoms with van der Waals surface area (Å²) in [6.45, 7) is 5.58. The molecule has 1 aliphatic heterocycles. The third-order valence-electron chi connectivity index (χ3n) is 5.03. The van der Waals surface area contributed by atoms with Gasteiger partial charge < -0.3 is 9.72 Å². The molecule has 3 aromatic rings. The van der Waals surface area contributed by atoms with Crippen LogP contribution in [0, 0.1) is 0 Å². The second kappa shape index (κ2) is 5.95. The number of hydrogen-bond donors (Lipinski definition) is 1. The van der Waals surface area contributed by atoms with E-state index >= 15 is 0 Å². The highest BCUT2D eigenvalue weighted by molar-refractivity contribution is 5.86. The number of fused-ring (bicyclic) bond motifs is 3. The van der Waals surface area contributed by atoms with Crippen molar-refractivity contribution in [1.82, 2.24) is 14.9 Å². The lowest BCUT2D eigenvalue weighted by Crippen LogP contribution is -2.40. The average molecular weight is 321 g/mol. The number of aromatic nitrogens is 2. The van der Waals surface area contributed by atoms with Crippen molar-refractivity contribution in [2.24, 2.45) is 0 Å². The molecule has 1 atom stereocenters. The SMILES string of the molecule is COc1ccc2[nH]c3c(c2c1)CCN(C(C)C)[C@H]3c1cccnc1. The number of nitrogens with one attached hydrogen (secondary N) is 1. The monoisotopic (exact) mass is 321 g/mol. The number of hydrogen-bond acceptors (Lipinski definition) is 3. The van der Waals surface area contributed by atoms with Crippen molar-refractivity contribution in [1.29, 1.82) is 0 Å². The predicted molar refractivity (Wildman–Crippen MR) is 96.5 cm³/mol. The Hall–Kier alpha value is -2.33. The van der Waals surface area contributed by atoms with Crippen molar-refractivity contribution in [3.05, 3.63) is 59.5 Å². The summed E-state index contributed by atoms with van der Waals surface area (Å²) in [6, 6.07) is 11.2. The second-order valence-corrected chi connectivity index (χ2v) is 6.70. The number of H-pyrrole nitrogens is 1. The van der Waals surface area contributed by atoms with Gasteiger partial charge in [-0.15, -0.1) is 0 Å². The van der Waals surface area contributed by atoms with Crippen LogP contribution in [-0.2, 0) is 6.42 Å². The van der Waals surface area contributed by atoms with Crippen molar-refractivity contribution in [2.45, 2.75) is 32.4 Å². The number of rotatable bonds is 3. The van der Waals surface area contributed by atoms with Gasteiger partial charge in [-0.1, -0.05) is 6.07 Å². The zero-order valence-corrected chi connectivity index (χ0v) is 14.4. The standard InChI is InChI=1S/C20H23N3O/c1-13(2)23-10-8-16-17-11-15(24-3)6-7-18(17)22-19(16)20(23)14-5-4-9-21-12-14/h4-7,9,11-13,20,22H,8,10H2,1-3H3/t20-/m0/s1. The highest BCUT2D eigenvalue weighted by Gasteiger charge is 2.33. The van der Waals surface area contributed by atoms with Crippen LogP contribution in [0.15, 0.2) is 42.7 Å². The normalized spacial score (nSPS) is 18.1. The molecule has 4 rings (SSSR count). The fourth-order valence-electron chi connectivity index (χ4n) is 3.87. The summed E-state index contributed by atoms with van der Waals surface area (Å²) in [5.74, 6) is 0.911. The maximum atomic E-state index is 5.42. The fraction of sp³-hybridized carbons (Fsp3) is 0.350. The zero-order chi connectivity index (χ0) is 16.7. The summed E-state index contributed by atoms with van der Waals surface area (Å²) in [5.41, 5.74) is 5.13. The van der Waals surface area contributed by atoms with Crippen molar-refractivity contribution in [3.8, 4) is 5.75 Å². The predicted octanol–water partition coefficient (Wildman–Crippen LogP) is 3.93. The average Bonchev–Trinajstić information content (AvgIpc) is 2.99. The Morgan fingerprint density at radius 1 is 1.29 bits per heavy atom. The molecule has 3 heterocycles. The smallest absolute Gasteiger partial charge is 0.119 e. The van der Waals surface area contributed by atoms with Gasteiger partial charge >= 0.3 is 0 Å². The first-order valence-electron chi connectivity index (χ1n) is 8.53. The Labute approximate surface area is 142 Å². The molecular weight excluding hydrogens is 298 g/mol. The minimum Gasteiger partial charge on any atom is -0.497 e. The number of nitrogens with zero attached hydrogens (tertiary/aromatic N) is 2. The zero-order valence-electron chi connectivity index (χ0n) is 14.4. The lowest BCUT2D eigenvalue weighted by atomic mass is 9.92. The molecule has 0 spiro atoms. The van der Waals surface area contributed by atoms with Crippen LogP contribution in [0.3, 0.4) is 0 Å². The van der Waals surface area contributed by atoms with Crippen LogP contribution < -0.4 is 4.74 Å². The van der Waals surface area contributed by atoms with Gasteiger partial charge in [0.1, 0.15) is 5.75 Å². The summed E-state index contributed by atoms with van der Waals surface area (Å²) < 4.78 is 5.42. The van der Waals surface area contributed by atoms with Gasteiger partial charge in [0.15, 0.2) is 0 Å². The lowest BCUT2D eigenvalue weighted by molar-refractivity contribution is 0.165. The number of ether oxygens (including phenoxy) is 1. The number of methoxy groups -OCH3 is 1. The van der Waals surface area contributed by atoms with Gasteiger partial charge in [-0.3, -0.25) is 9.88 Å². The molecule has 24 heavy (non-hydrogen) atoms.